The van der Waals surface area contributed by atoms with E-state index in [0.29, 0.717) is 17.9 Å². The van der Waals surface area contributed by atoms with Crippen molar-refractivity contribution in [2.24, 2.45) is 16.5 Å². The Morgan fingerprint density at radius 3 is 2.38 bits per heavy atom. The smallest absolute Gasteiger partial charge is 0.0844 e. The second kappa shape index (κ2) is 1.54. The van der Waals surface area contributed by atoms with Gasteiger partial charge in [-0.3, -0.25) is 0 Å². The molecule has 0 saturated heterocycles. The second-order valence-electron chi connectivity index (χ2n) is 3.20. The Balaban J connectivity index is 2.26. The van der Waals surface area contributed by atoms with Crippen molar-refractivity contribution in [1.29, 1.82) is 0 Å². The molecule has 0 N–H and O–H groups in total. The maximum atomic E-state index is 9.69. The zero-order chi connectivity index (χ0) is 6.20. The second-order valence-corrected chi connectivity index (χ2v) is 3.20. The number of rotatable bonds is 2. The fourth-order valence-corrected chi connectivity index (χ4v) is 0.978. The molecule has 1 atom stereocenters. The minimum absolute atomic E-state index is 0.425. The van der Waals surface area contributed by atoms with E-state index in [4.69, 9.17) is 0 Å². The molecule has 46 valence electrons. The number of hydrogen-bond donors (Lipinski definition) is 0. The molecule has 0 radical (unpaired) electrons. The molecular weight excluding hydrogens is 102 g/mol. The molecule has 1 saturated carbocycles. The molecule has 0 spiro atoms. The van der Waals surface area contributed by atoms with Gasteiger partial charge in [0.25, 0.3) is 0 Å². The summed E-state index contributed by atoms with van der Waals surface area (Å²) in [4.78, 5) is 9.69. The lowest BCUT2D eigenvalue weighted by molar-refractivity contribution is 0.565. The molecule has 1 rings (SSSR count). The highest BCUT2D eigenvalue weighted by Crippen LogP contribution is 2.51. The van der Waals surface area contributed by atoms with Crippen LogP contribution in [-0.2, 0) is 0 Å². The Hall–Kier alpha value is -0.400. The molecule has 0 aromatic heterocycles. The Kier molecular flexibility index (Phi) is 1.10. The van der Waals surface area contributed by atoms with Crippen molar-refractivity contribution in [1.82, 2.24) is 0 Å². The van der Waals surface area contributed by atoms with Gasteiger partial charge in [-0.1, -0.05) is 19.0 Å². The summed E-state index contributed by atoms with van der Waals surface area (Å²) in [6.07, 6.45) is 1.18. The molecule has 0 aromatic carbocycles. The van der Waals surface area contributed by atoms with Crippen molar-refractivity contribution in [2.75, 3.05) is 6.54 Å². The van der Waals surface area contributed by atoms with Gasteiger partial charge in [-0.2, -0.15) is 4.91 Å². The summed E-state index contributed by atoms with van der Waals surface area (Å²) in [6, 6.07) is 0. The zero-order valence-electron chi connectivity index (χ0n) is 5.35. The molecule has 0 amide bonds. The maximum Gasteiger partial charge on any atom is 0.0844 e. The molecular formula is C6H11NO. The van der Waals surface area contributed by atoms with Crippen LogP contribution < -0.4 is 0 Å². The largest absolute Gasteiger partial charge is 0.151 e. The van der Waals surface area contributed by atoms with Gasteiger partial charge in [0.15, 0.2) is 0 Å². The number of hydrogen-bond acceptors (Lipinski definition) is 2. The Labute approximate surface area is 49.3 Å². The predicted octanol–water partition coefficient (Wildman–Crippen LogP) is 1.80. The third kappa shape index (κ3) is 0.881. The topological polar surface area (TPSA) is 29.4 Å². The number of nitrogens with zero attached hydrogens (tertiary/aromatic N) is 1. The first-order chi connectivity index (χ1) is 3.67. The quantitative estimate of drug-likeness (QED) is 0.502. The first kappa shape index (κ1) is 5.73. The van der Waals surface area contributed by atoms with E-state index in [1.54, 1.807) is 0 Å². The molecule has 8 heavy (non-hydrogen) atoms. The maximum absolute atomic E-state index is 9.69. The molecule has 0 heterocycles. The third-order valence-corrected chi connectivity index (χ3v) is 2.01. The van der Waals surface area contributed by atoms with Crippen LogP contribution in [0.25, 0.3) is 0 Å². The van der Waals surface area contributed by atoms with Gasteiger partial charge in [-0.15, -0.1) is 0 Å². The van der Waals surface area contributed by atoms with Gasteiger partial charge in [0.05, 0.1) is 6.54 Å². The van der Waals surface area contributed by atoms with Gasteiger partial charge in [-0.25, -0.2) is 0 Å². The van der Waals surface area contributed by atoms with Gasteiger partial charge in [0.1, 0.15) is 0 Å². The summed E-state index contributed by atoms with van der Waals surface area (Å²) in [5, 5.41) is 2.84. The van der Waals surface area contributed by atoms with Gasteiger partial charge in [0.2, 0.25) is 0 Å². The van der Waals surface area contributed by atoms with Crippen molar-refractivity contribution in [3.05, 3.63) is 4.91 Å². The lowest BCUT2D eigenvalue weighted by Crippen LogP contribution is -1.92. The van der Waals surface area contributed by atoms with E-state index < -0.39 is 0 Å². The van der Waals surface area contributed by atoms with Crippen LogP contribution in [0, 0.1) is 16.2 Å². The molecule has 1 aliphatic rings. The average molecular weight is 113 g/mol. The first-order valence-electron chi connectivity index (χ1n) is 2.96. The standard InChI is InChI=1S/C6H11NO/c1-6(2)3-5(6)4-7-8/h5H,3-4H2,1-2H3. The SMILES string of the molecule is CC1(C)CC1CN=O. The molecule has 0 aliphatic heterocycles. The highest BCUT2D eigenvalue weighted by Gasteiger charge is 2.45. The minimum Gasteiger partial charge on any atom is -0.151 e. The predicted molar refractivity (Wildman–Crippen MR) is 32.5 cm³/mol. The van der Waals surface area contributed by atoms with E-state index in [9.17, 15) is 4.91 Å². The fraction of sp³-hybridized carbons (Fsp3) is 1.00. The first-order valence-corrected chi connectivity index (χ1v) is 2.96. The van der Waals surface area contributed by atoms with E-state index >= 15 is 0 Å². The summed E-state index contributed by atoms with van der Waals surface area (Å²) in [7, 11) is 0. The third-order valence-electron chi connectivity index (χ3n) is 2.01. The van der Waals surface area contributed by atoms with E-state index in [-0.39, 0.29) is 0 Å². The normalized spacial score (nSPS) is 32.0. The lowest BCUT2D eigenvalue weighted by Gasteiger charge is -1.94. The van der Waals surface area contributed by atoms with Crippen molar-refractivity contribution >= 4 is 0 Å². The van der Waals surface area contributed by atoms with E-state index in [1.165, 1.54) is 6.42 Å². The summed E-state index contributed by atoms with van der Waals surface area (Å²) in [5.41, 5.74) is 0.425. The van der Waals surface area contributed by atoms with Crippen LogP contribution in [0.2, 0.25) is 0 Å². The van der Waals surface area contributed by atoms with E-state index in [1.807, 2.05) is 0 Å². The molecule has 2 heteroatoms. The summed E-state index contributed by atoms with van der Waals surface area (Å²) in [6.45, 7) is 4.86. The zero-order valence-corrected chi connectivity index (χ0v) is 5.35. The molecule has 2 nitrogen and oxygen atoms in total. The van der Waals surface area contributed by atoms with Gasteiger partial charge >= 0.3 is 0 Å². The molecule has 1 aliphatic carbocycles. The summed E-state index contributed by atoms with van der Waals surface area (Å²) >= 11 is 0. The Bertz CT molecular complexity index is 109. The van der Waals surface area contributed by atoms with Crippen LogP contribution in [0.4, 0.5) is 0 Å². The van der Waals surface area contributed by atoms with Crippen LogP contribution in [0.15, 0.2) is 5.18 Å². The minimum atomic E-state index is 0.425. The highest BCUT2D eigenvalue weighted by atomic mass is 16.3. The van der Waals surface area contributed by atoms with E-state index in [0.717, 1.165) is 0 Å². The Morgan fingerprint density at radius 1 is 1.75 bits per heavy atom. The van der Waals surface area contributed by atoms with Crippen molar-refractivity contribution in [2.45, 2.75) is 20.3 Å². The van der Waals surface area contributed by atoms with Gasteiger partial charge in [0, 0.05) is 0 Å². The monoisotopic (exact) mass is 113 g/mol. The summed E-state index contributed by atoms with van der Waals surface area (Å²) in [5.74, 6) is 0.583. The Morgan fingerprint density at radius 2 is 2.25 bits per heavy atom. The van der Waals surface area contributed by atoms with Crippen LogP contribution >= 0.6 is 0 Å². The highest BCUT2D eigenvalue weighted by molar-refractivity contribution is 4.95. The van der Waals surface area contributed by atoms with Crippen LogP contribution in [0.3, 0.4) is 0 Å². The fourth-order valence-electron chi connectivity index (χ4n) is 0.978. The van der Waals surface area contributed by atoms with Crippen molar-refractivity contribution in [3.8, 4) is 0 Å². The summed E-state index contributed by atoms with van der Waals surface area (Å²) < 4.78 is 0. The van der Waals surface area contributed by atoms with E-state index in [2.05, 4.69) is 19.0 Å². The molecule has 0 bridgehead atoms. The van der Waals surface area contributed by atoms with Gasteiger partial charge in [-0.05, 0) is 17.8 Å². The van der Waals surface area contributed by atoms with Crippen LogP contribution in [-0.4, -0.2) is 6.54 Å². The van der Waals surface area contributed by atoms with Gasteiger partial charge < -0.3 is 0 Å². The van der Waals surface area contributed by atoms with Crippen LogP contribution in [0.1, 0.15) is 20.3 Å². The average Bonchev–Trinajstić information content (AvgIpc) is 2.15. The molecule has 1 fully saturated rings. The van der Waals surface area contributed by atoms with Crippen molar-refractivity contribution in [3.63, 3.8) is 0 Å². The lowest BCUT2D eigenvalue weighted by atomic mass is 10.1. The van der Waals surface area contributed by atoms with Crippen LogP contribution in [0.5, 0.6) is 0 Å². The molecule has 1 unspecified atom stereocenters. The van der Waals surface area contributed by atoms with Crippen molar-refractivity contribution < 1.29 is 0 Å². The number of nitroso groups, excluding NO2 is 1. The molecule has 0 aromatic rings.